The largest absolute Gasteiger partial charge is 0.354 e. The molecule has 0 unspecified atom stereocenters. The zero-order chi connectivity index (χ0) is 15.0. The van der Waals surface area contributed by atoms with Crippen LogP contribution in [0, 0.1) is 5.92 Å². The molecule has 110 valence electrons. The van der Waals surface area contributed by atoms with E-state index in [0.717, 1.165) is 17.7 Å². The Morgan fingerprint density at radius 1 is 1.10 bits per heavy atom. The van der Waals surface area contributed by atoms with Crippen molar-refractivity contribution >= 4 is 17.6 Å². The fraction of sp³-hybridized carbons (Fsp3) is 0.467. The molecule has 0 bridgehead atoms. The number of nitrogens with one attached hydrogen (secondary N) is 3. The number of benzene rings is 1. The van der Waals surface area contributed by atoms with Gasteiger partial charge in [0.05, 0.1) is 0 Å². The number of urea groups is 1. The zero-order valence-corrected chi connectivity index (χ0v) is 12.3. The molecule has 0 atom stereocenters. The molecule has 0 saturated heterocycles. The fourth-order valence-electron chi connectivity index (χ4n) is 1.68. The van der Waals surface area contributed by atoms with E-state index in [9.17, 15) is 9.59 Å². The Labute approximate surface area is 120 Å². The summed E-state index contributed by atoms with van der Waals surface area (Å²) in [7, 11) is 0. The Morgan fingerprint density at radius 2 is 1.75 bits per heavy atom. The van der Waals surface area contributed by atoms with Gasteiger partial charge in [0.25, 0.3) is 0 Å². The van der Waals surface area contributed by atoms with Gasteiger partial charge in [0.1, 0.15) is 0 Å². The van der Waals surface area contributed by atoms with E-state index in [1.807, 2.05) is 45.0 Å². The van der Waals surface area contributed by atoms with Crippen LogP contribution in [0.5, 0.6) is 0 Å². The summed E-state index contributed by atoms with van der Waals surface area (Å²) in [6.45, 7) is 6.53. The molecular formula is C15H23N3O2. The van der Waals surface area contributed by atoms with Gasteiger partial charge < -0.3 is 16.0 Å². The molecule has 0 aliphatic heterocycles. The van der Waals surface area contributed by atoms with Crippen LogP contribution < -0.4 is 16.0 Å². The molecule has 0 aliphatic rings. The highest BCUT2D eigenvalue weighted by Gasteiger charge is 2.06. The lowest BCUT2D eigenvalue weighted by molar-refractivity contribution is -0.123. The van der Waals surface area contributed by atoms with E-state index in [0.29, 0.717) is 13.1 Å². The van der Waals surface area contributed by atoms with Crippen molar-refractivity contribution in [3.05, 3.63) is 29.8 Å². The lowest BCUT2D eigenvalue weighted by atomic mass is 10.1. The molecule has 0 radical (unpaired) electrons. The Kier molecular flexibility index (Phi) is 6.56. The van der Waals surface area contributed by atoms with Gasteiger partial charge in [-0.15, -0.1) is 0 Å². The van der Waals surface area contributed by atoms with Gasteiger partial charge in [0.15, 0.2) is 0 Å². The topological polar surface area (TPSA) is 70.2 Å². The number of anilines is 1. The molecule has 3 amide bonds. The molecule has 3 N–H and O–H groups in total. The summed E-state index contributed by atoms with van der Waals surface area (Å²) in [6.07, 6.45) is 0.862. The van der Waals surface area contributed by atoms with Crippen molar-refractivity contribution in [1.82, 2.24) is 10.6 Å². The van der Waals surface area contributed by atoms with Gasteiger partial charge in [-0.05, 0) is 18.1 Å². The van der Waals surface area contributed by atoms with Gasteiger partial charge in [-0.3, -0.25) is 4.79 Å². The molecular weight excluding hydrogens is 254 g/mol. The predicted octanol–water partition coefficient (Wildman–Crippen LogP) is 2.14. The van der Waals surface area contributed by atoms with Crippen molar-refractivity contribution in [2.24, 2.45) is 5.92 Å². The van der Waals surface area contributed by atoms with Crippen LogP contribution in [0.1, 0.15) is 26.3 Å². The smallest absolute Gasteiger partial charge is 0.319 e. The first-order valence-corrected chi connectivity index (χ1v) is 6.95. The predicted molar refractivity (Wildman–Crippen MR) is 80.7 cm³/mol. The number of hydrogen-bond acceptors (Lipinski definition) is 2. The maximum atomic E-state index is 11.7. The average Bonchev–Trinajstić information content (AvgIpc) is 2.43. The highest BCUT2D eigenvalue weighted by molar-refractivity contribution is 5.90. The van der Waals surface area contributed by atoms with Gasteiger partial charge in [0.2, 0.25) is 5.91 Å². The number of hydrogen-bond donors (Lipinski definition) is 3. The lowest BCUT2D eigenvalue weighted by Crippen LogP contribution is -2.38. The van der Waals surface area contributed by atoms with Crippen molar-refractivity contribution in [2.45, 2.75) is 27.2 Å². The third kappa shape index (κ3) is 5.30. The molecule has 0 heterocycles. The maximum Gasteiger partial charge on any atom is 0.319 e. The molecule has 5 nitrogen and oxygen atoms in total. The molecule has 0 fully saturated rings. The fourth-order valence-corrected chi connectivity index (χ4v) is 1.68. The summed E-state index contributed by atoms with van der Waals surface area (Å²) in [5.41, 5.74) is 1.91. The number of carbonyl (C=O) groups excluding carboxylic acids is 2. The van der Waals surface area contributed by atoms with Crippen LogP contribution in [-0.2, 0) is 11.2 Å². The number of carbonyl (C=O) groups is 2. The highest BCUT2D eigenvalue weighted by atomic mass is 16.2. The van der Waals surface area contributed by atoms with Crippen molar-refractivity contribution in [2.75, 3.05) is 18.4 Å². The summed E-state index contributed by atoms with van der Waals surface area (Å²) in [6, 6.07) is 7.43. The molecule has 0 saturated carbocycles. The quantitative estimate of drug-likeness (QED) is 0.697. The van der Waals surface area contributed by atoms with Crippen LogP contribution in [0.2, 0.25) is 0 Å². The first-order valence-electron chi connectivity index (χ1n) is 6.95. The second-order valence-corrected chi connectivity index (χ2v) is 4.84. The standard InChI is InChI=1S/C15H23N3O2/c1-4-12-7-5-6-8-13(12)18-15(20)17-10-9-16-14(19)11(2)3/h5-8,11H,4,9-10H2,1-3H3,(H,16,19)(H2,17,18,20). The van der Waals surface area contributed by atoms with Crippen LogP contribution in [0.25, 0.3) is 0 Å². The van der Waals surface area contributed by atoms with Crippen LogP contribution >= 0.6 is 0 Å². The molecule has 20 heavy (non-hydrogen) atoms. The van der Waals surface area contributed by atoms with Gasteiger partial charge in [-0.25, -0.2) is 4.79 Å². The monoisotopic (exact) mass is 277 g/mol. The number of aryl methyl sites for hydroxylation is 1. The number of amides is 3. The van der Waals surface area contributed by atoms with Crippen LogP contribution in [0.4, 0.5) is 10.5 Å². The first kappa shape index (κ1) is 16.0. The normalized spacial score (nSPS) is 10.2. The summed E-state index contributed by atoms with van der Waals surface area (Å²) < 4.78 is 0. The lowest BCUT2D eigenvalue weighted by Gasteiger charge is -2.11. The van der Waals surface area contributed by atoms with E-state index in [4.69, 9.17) is 0 Å². The Bertz CT molecular complexity index is 458. The van der Waals surface area contributed by atoms with Gasteiger partial charge in [-0.1, -0.05) is 39.0 Å². The Morgan fingerprint density at radius 3 is 2.40 bits per heavy atom. The SMILES string of the molecule is CCc1ccccc1NC(=O)NCCNC(=O)C(C)C. The third-order valence-corrected chi connectivity index (χ3v) is 2.88. The molecule has 0 aromatic heterocycles. The zero-order valence-electron chi connectivity index (χ0n) is 12.3. The highest BCUT2D eigenvalue weighted by Crippen LogP contribution is 2.14. The van der Waals surface area contributed by atoms with Crippen LogP contribution in [0.3, 0.4) is 0 Å². The van der Waals surface area contributed by atoms with Gasteiger partial charge in [-0.2, -0.15) is 0 Å². The summed E-state index contributed by atoms with van der Waals surface area (Å²) in [5, 5.41) is 8.26. The number of rotatable bonds is 6. The van der Waals surface area contributed by atoms with Crippen LogP contribution in [-0.4, -0.2) is 25.0 Å². The Hall–Kier alpha value is -2.04. The number of para-hydroxylation sites is 1. The van der Waals surface area contributed by atoms with Crippen molar-refractivity contribution in [3.63, 3.8) is 0 Å². The molecule has 0 aliphatic carbocycles. The third-order valence-electron chi connectivity index (χ3n) is 2.88. The van der Waals surface area contributed by atoms with Crippen molar-refractivity contribution in [1.29, 1.82) is 0 Å². The first-order chi connectivity index (χ1) is 9.54. The molecule has 1 aromatic carbocycles. The minimum Gasteiger partial charge on any atom is -0.354 e. The van der Waals surface area contributed by atoms with Crippen molar-refractivity contribution < 1.29 is 9.59 Å². The van der Waals surface area contributed by atoms with Crippen molar-refractivity contribution in [3.8, 4) is 0 Å². The van der Waals surface area contributed by atoms with Crippen LogP contribution in [0.15, 0.2) is 24.3 Å². The summed E-state index contributed by atoms with van der Waals surface area (Å²) in [4.78, 5) is 23.0. The second-order valence-electron chi connectivity index (χ2n) is 4.84. The van der Waals surface area contributed by atoms with Gasteiger partial charge >= 0.3 is 6.03 Å². The summed E-state index contributed by atoms with van der Waals surface area (Å²) in [5.74, 6) is -0.0520. The van der Waals surface area contributed by atoms with E-state index in [-0.39, 0.29) is 17.9 Å². The van der Waals surface area contributed by atoms with E-state index < -0.39 is 0 Å². The Balaban J connectivity index is 2.32. The van der Waals surface area contributed by atoms with E-state index in [1.54, 1.807) is 0 Å². The minimum atomic E-state index is -0.260. The second kappa shape index (κ2) is 8.19. The van der Waals surface area contributed by atoms with E-state index in [2.05, 4.69) is 16.0 Å². The molecule has 1 rings (SSSR count). The molecule has 5 heteroatoms. The van der Waals surface area contributed by atoms with E-state index in [1.165, 1.54) is 0 Å². The average molecular weight is 277 g/mol. The summed E-state index contributed by atoms with van der Waals surface area (Å²) >= 11 is 0. The van der Waals surface area contributed by atoms with E-state index >= 15 is 0 Å². The molecule has 0 spiro atoms. The van der Waals surface area contributed by atoms with Gasteiger partial charge in [0, 0.05) is 24.7 Å². The maximum absolute atomic E-state index is 11.7. The molecule has 1 aromatic rings. The minimum absolute atomic E-state index is 0.0106.